The minimum Gasteiger partial charge on any atom is -0.508 e. The number of amides is 1. The van der Waals surface area contributed by atoms with Crippen LogP contribution in [0.25, 0.3) is 0 Å². The predicted molar refractivity (Wildman–Crippen MR) is 158 cm³/mol. The summed E-state index contributed by atoms with van der Waals surface area (Å²) in [6, 6.07) is 4.51. The van der Waals surface area contributed by atoms with E-state index in [1.54, 1.807) is 13.0 Å². The van der Waals surface area contributed by atoms with Crippen molar-refractivity contribution in [3.63, 3.8) is 0 Å². The van der Waals surface area contributed by atoms with Crippen molar-refractivity contribution in [1.82, 2.24) is 5.32 Å². The fourth-order valence-corrected chi connectivity index (χ4v) is 4.79. The molecule has 1 rings (SSSR count). The van der Waals surface area contributed by atoms with Crippen LogP contribution in [0.1, 0.15) is 109 Å². The minimum atomic E-state index is -2.40. The third kappa shape index (κ3) is 13.8. The molecule has 9 nitrogen and oxygen atoms in total. The number of Topliss-reactive ketones (excluding diaryl/α,β-unsaturated/α-hetero) is 1. The van der Waals surface area contributed by atoms with Crippen molar-refractivity contribution in [3.05, 3.63) is 42.0 Å². The Bertz CT molecular complexity index is 974. The summed E-state index contributed by atoms with van der Waals surface area (Å²) in [5, 5.41) is 42.3. The van der Waals surface area contributed by atoms with E-state index < -0.39 is 35.4 Å². The molecule has 0 fully saturated rings. The summed E-state index contributed by atoms with van der Waals surface area (Å²) in [4.78, 5) is 49.1. The Morgan fingerprint density at radius 1 is 0.854 bits per heavy atom. The number of ketones is 1. The van der Waals surface area contributed by atoms with E-state index in [1.807, 2.05) is 0 Å². The van der Waals surface area contributed by atoms with E-state index in [-0.39, 0.29) is 18.6 Å². The number of phenolic OH excluding ortho intramolecular Hbond substituents is 1. The van der Waals surface area contributed by atoms with Gasteiger partial charge in [0.25, 0.3) is 0 Å². The highest BCUT2D eigenvalue weighted by atomic mass is 16.4. The van der Waals surface area contributed by atoms with Gasteiger partial charge in [-0.25, -0.2) is 9.59 Å². The molecule has 9 heteroatoms. The highest BCUT2D eigenvalue weighted by Crippen LogP contribution is 2.27. The number of rotatable bonds is 23. The van der Waals surface area contributed by atoms with Gasteiger partial charge < -0.3 is 25.7 Å². The van der Waals surface area contributed by atoms with Crippen molar-refractivity contribution < 1.29 is 39.6 Å². The molecule has 0 radical (unpaired) electrons. The second-order valence-electron chi connectivity index (χ2n) is 10.8. The predicted octanol–water partition coefficient (Wildman–Crippen LogP) is 5.56. The highest BCUT2D eigenvalue weighted by Gasteiger charge is 2.46. The summed E-state index contributed by atoms with van der Waals surface area (Å²) in [5.74, 6) is -4.91. The van der Waals surface area contributed by atoms with Crippen molar-refractivity contribution >= 4 is 23.6 Å². The number of phenols is 1. The van der Waals surface area contributed by atoms with E-state index in [9.17, 15) is 39.6 Å². The van der Waals surface area contributed by atoms with Gasteiger partial charge in [-0.3, -0.25) is 9.59 Å². The van der Waals surface area contributed by atoms with Gasteiger partial charge in [0.15, 0.2) is 5.60 Å². The summed E-state index contributed by atoms with van der Waals surface area (Å²) in [6.45, 7) is 3.85. The normalized spacial score (nSPS) is 14.3. The maximum Gasteiger partial charge on any atom is 0.336 e. The number of aromatic hydroxyl groups is 1. The molecule has 1 aromatic rings. The van der Waals surface area contributed by atoms with Gasteiger partial charge in [0.2, 0.25) is 5.91 Å². The van der Waals surface area contributed by atoms with Crippen molar-refractivity contribution in [2.45, 2.75) is 122 Å². The number of carboxylic acid groups (broad SMARTS) is 2. The maximum atomic E-state index is 13.2. The Balaban J connectivity index is 2.70. The minimum absolute atomic E-state index is 0.0163. The van der Waals surface area contributed by atoms with E-state index in [2.05, 4.69) is 12.2 Å². The Hall–Kier alpha value is -3.20. The number of hydrogen-bond acceptors (Lipinski definition) is 6. The molecule has 3 atom stereocenters. The number of aliphatic hydroxyl groups is 1. The maximum absolute atomic E-state index is 13.2. The molecule has 0 aliphatic heterocycles. The fraction of sp³-hybridized carbons (Fsp3) is 0.625. The number of hydrogen-bond donors (Lipinski definition) is 5. The molecule has 0 aromatic heterocycles. The molecule has 0 spiro atoms. The number of aliphatic carboxylic acids is 2. The standard InChI is InChI=1S/C32H49NO8/c1-3-5-6-9-12-15-25(34)16-13-10-7-8-11-14-17-27(32(41,22-4-2)31(39)40)29(36)33-28(30(37)38)23-24-18-20-26(35)21-19-24/h14,17-21,27-28,35,41H,3-13,15-16,22-23H2,1-2H3,(H,33,36)(H,37,38)(H,39,40)/b17-14+/t27-,28+,32+/m1/s1. The molecular formula is C32H49NO8. The molecule has 0 bridgehead atoms. The van der Waals surface area contributed by atoms with Gasteiger partial charge in [0.05, 0.1) is 5.92 Å². The third-order valence-corrected chi connectivity index (χ3v) is 7.25. The zero-order chi connectivity index (χ0) is 30.7. The first kappa shape index (κ1) is 35.8. The molecule has 0 saturated carbocycles. The molecule has 0 unspecified atom stereocenters. The van der Waals surface area contributed by atoms with E-state index in [0.717, 1.165) is 38.5 Å². The third-order valence-electron chi connectivity index (χ3n) is 7.25. The lowest BCUT2D eigenvalue weighted by Gasteiger charge is -2.30. The topological polar surface area (TPSA) is 161 Å². The molecular weight excluding hydrogens is 526 g/mol. The van der Waals surface area contributed by atoms with Crippen LogP contribution in [-0.2, 0) is 25.6 Å². The summed E-state index contributed by atoms with van der Waals surface area (Å²) in [7, 11) is 0. The smallest absolute Gasteiger partial charge is 0.336 e. The molecule has 5 N–H and O–H groups in total. The summed E-state index contributed by atoms with van der Waals surface area (Å²) >= 11 is 0. The van der Waals surface area contributed by atoms with Crippen LogP contribution in [-0.4, -0.2) is 55.7 Å². The lowest BCUT2D eigenvalue weighted by molar-refractivity contribution is -0.167. The number of benzene rings is 1. The number of carbonyl (C=O) groups excluding carboxylic acids is 2. The monoisotopic (exact) mass is 575 g/mol. The van der Waals surface area contributed by atoms with Gasteiger partial charge in [0, 0.05) is 19.3 Å². The molecule has 0 saturated heterocycles. The summed E-state index contributed by atoms with van der Waals surface area (Å²) in [6.07, 6.45) is 13.8. The highest BCUT2D eigenvalue weighted by molar-refractivity contribution is 5.92. The van der Waals surface area contributed by atoms with Gasteiger partial charge in [-0.2, -0.15) is 0 Å². The average Bonchev–Trinajstić information content (AvgIpc) is 2.92. The SMILES string of the molecule is CCCCCCCC(=O)CCCCCC/C=C/[C@H](C(=O)N[C@@H](Cc1ccc(O)cc1)C(=O)O)[C@@](O)(CCC)C(=O)O. The molecule has 41 heavy (non-hydrogen) atoms. The molecule has 0 aliphatic rings. The van der Waals surface area contributed by atoms with Crippen LogP contribution < -0.4 is 5.32 Å². The van der Waals surface area contributed by atoms with Crippen LogP contribution in [0.15, 0.2) is 36.4 Å². The number of carboxylic acids is 2. The Morgan fingerprint density at radius 2 is 1.44 bits per heavy atom. The van der Waals surface area contributed by atoms with Crippen molar-refractivity contribution in [1.29, 1.82) is 0 Å². The van der Waals surface area contributed by atoms with Crippen LogP contribution in [0.5, 0.6) is 5.75 Å². The van der Waals surface area contributed by atoms with E-state index in [4.69, 9.17) is 0 Å². The van der Waals surface area contributed by atoms with Crippen molar-refractivity contribution in [2.24, 2.45) is 5.92 Å². The molecule has 0 heterocycles. The first-order valence-corrected chi connectivity index (χ1v) is 15.0. The number of allylic oxidation sites excluding steroid dienone is 1. The number of unbranched alkanes of at least 4 members (excludes halogenated alkanes) is 8. The largest absolute Gasteiger partial charge is 0.508 e. The summed E-state index contributed by atoms with van der Waals surface area (Å²) < 4.78 is 0. The lowest BCUT2D eigenvalue weighted by Crippen LogP contribution is -2.54. The zero-order valence-corrected chi connectivity index (χ0v) is 24.6. The van der Waals surface area contributed by atoms with Gasteiger partial charge in [-0.1, -0.05) is 83.1 Å². The van der Waals surface area contributed by atoms with Gasteiger partial charge in [-0.15, -0.1) is 0 Å². The van der Waals surface area contributed by atoms with E-state index >= 15 is 0 Å². The molecule has 230 valence electrons. The Morgan fingerprint density at radius 3 is 1.98 bits per heavy atom. The molecule has 1 aromatic carbocycles. The van der Waals surface area contributed by atoms with E-state index in [0.29, 0.717) is 37.0 Å². The van der Waals surface area contributed by atoms with Crippen molar-refractivity contribution in [2.75, 3.05) is 0 Å². The molecule has 0 aliphatic carbocycles. The number of nitrogens with one attached hydrogen (secondary N) is 1. The van der Waals surface area contributed by atoms with Gasteiger partial charge in [-0.05, 0) is 49.8 Å². The van der Waals surface area contributed by atoms with Crippen LogP contribution in [0.3, 0.4) is 0 Å². The second kappa shape index (κ2) is 19.8. The molecule has 1 amide bonds. The van der Waals surface area contributed by atoms with Crippen LogP contribution in [0, 0.1) is 5.92 Å². The van der Waals surface area contributed by atoms with Crippen LogP contribution >= 0.6 is 0 Å². The van der Waals surface area contributed by atoms with Gasteiger partial charge >= 0.3 is 11.9 Å². The first-order valence-electron chi connectivity index (χ1n) is 15.0. The Labute approximate surface area is 244 Å². The van der Waals surface area contributed by atoms with E-state index in [1.165, 1.54) is 49.6 Å². The fourth-order valence-electron chi connectivity index (χ4n) is 4.79. The van der Waals surface area contributed by atoms with Crippen LogP contribution in [0.4, 0.5) is 0 Å². The van der Waals surface area contributed by atoms with Crippen LogP contribution in [0.2, 0.25) is 0 Å². The average molecular weight is 576 g/mol. The first-order chi connectivity index (χ1) is 19.5. The number of carbonyl (C=O) groups is 4. The lowest BCUT2D eigenvalue weighted by atomic mass is 9.82. The van der Waals surface area contributed by atoms with Gasteiger partial charge in [0.1, 0.15) is 17.6 Å². The zero-order valence-electron chi connectivity index (χ0n) is 24.6. The second-order valence-corrected chi connectivity index (χ2v) is 10.8. The quantitative estimate of drug-likeness (QED) is 0.0837. The Kier molecular flexibility index (Phi) is 17.3. The summed E-state index contributed by atoms with van der Waals surface area (Å²) in [5.41, 5.74) is -1.84. The van der Waals surface area contributed by atoms with Crippen molar-refractivity contribution in [3.8, 4) is 5.75 Å².